The maximum absolute atomic E-state index is 12.9. The van der Waals surface area contributed by atoms with Crippen molar-refractivity contribution in [1.29, 1.82) is 0 Å². The third-order valence-electron chi connectivity index (χ3n) is 8.91. The molecule has 0 amide bonds. The van der Waals surface area contributed by atoms with Gasteiger partial charge >= 0.3 is 0 Å². The lowest BCUT2D eigenvalue weighted by atomic mass is 9.45. The normalized spacial score (nSPS) is 45.9. The van der Waals surface area contributed by atoms with Crippen LogP contribution in [0.2, 0.25) is 0 Å². The number of hydrogen-bond acceptors (Lipinski definition) is 7. The zero-order valence-electron chi connectivity index (χ0n) is 17.9. The molecule has 0 aromatic heterocycles. The Balaban J connectivity index is 1.65. The number of hydrogen-bond donors (Lipinski definition) is 2. The molecule has 6 unspecified atom stereocenters. The number of ketones is 2. The first kappa shape index (κ1) is 22.1. The van der Waals surface area contributed by atoms with Crippen LogP contribution in [0.25, 0.3) is 0 Å². The first-order valence-electron chi connectivity index (χ1n) is 10.8. The summed E-state index contributed by atoms with van der Waals surface area (Å²) in [5.41, 5.74) is -1.66. The third-order valence-corrected chi connectivity index (χ3v) is 9.46. The molecule has 168 valence electrons. The summed E-state index contributed by atoms with van der Waals surface area (Å²) >= 11 is 0. The Morgan fingerprint density at radius 2 is 1.93 bits per heavy atom. The second-order valence-electron chi connectivity index (χ2n) is 10.4. The van der Waals surface area contributed by atoms with Crippen LogP contribution in [0.4, 0.5) is 0 Å². The van der Waals surface area contributed by atoms with Crippen LogP contribution in [0.15, 0.2) is 11.6 Å². The predicted octanol–water partition coefficient (Wildman–Crippen LogP) is 1.77. The van der Waals surface area contributed by atoms with Crippen LogP contribution in [-0.2, 0) is 23.9 Å². The Kier molecular flexibility index (Phi) is 5.13. The molecule has 0 heterocycles. The van der Waals surface area contributed by atoms with E-state index in [0.717, 1.165) is 31.1 Å². The molecule has 4 aliphatic carbocycles. The summed E-state index contributed by atoms with van der Waals surface area (Å²) in [4.78, 5) is 24.9. The number of rotatable bonds is 4. The highest BCUT2D eigenvalue weighted by Gasteiger charge is 2.68. The molecule has 0 bridgehead atoms. The van der Waals surface area contributed by atoms with Crippen molar-refractivity contribution in [3.8, 4) is 0 Å². The first-order chi connectivity index (χ1) is 13.8. The van der Waals surface area contributed by atoms with Gasteiger partial charge in [0, 0.05) is 11.8 Å². The van der Waals surface area contributed by atoms with E-state index in [1.165, 1.54) is 0 Å². The van der Waals surface area contributed by atoms with Crippen LogP contribution in [0.5, 0.6) is 0 Å². The van der Waals surface area contributed by atoms with Gasteiger partial charge in [-0.25, -0.2) is 0 Å². The minimum Gasteiger partial charge on any atom is -0.393 e. The van der Waals surface area contributed by atoms with Crippen molar-refractivity contribution >= 4 is 21.7 Å². The van der Waals surface area contributed by atoms with E-state index >= 15 is 0 Å². The largest absolute Gasteiger partial charge is 0.393 e. The highest BCUT2D eigenvalue weighted by Crippen LogP contribution is 2.67. The number of Topliss-reactive ketones (excluding diaryl/α,β-unsaturated/α-hetero) is 1. The fourth-order valence-electron chi connectivity index (χ4n) is 7.43. The van der Waals surface area contributed by atoms with Crippen LogP contribution < -0.4 is 0 Å². The summed E-state index contributed by atoms with van der Waals surface area (Å²) in [6, 6.07) is 0. The average Bonchev–Trinajstić information content (AvgIpc) is 2.91. The average molecular weight is 441 g/mol. The fraction of sp³-hybridized carbons (Fsp3) is 0.818. The van der Waals surface area contributed by atoms with Gasteiger partial charge in [0.25, 0.3) is 10.1 Å². The lowest BCUT2D eigenvalue weighted by molar-refractivity contribution is -0.181. The van der Waals surface area contributed by atoms with Gasteiger partial charge in [-0.05, 0) is 67.8 Å². The second kappa shape index (κ2) is 6.95. The van der Waals surface area contributed by atoms with Gasteiger partial charge < -0.3 is 10.2 Å². The van der Waals surface area contributed by atoms with Crippen molar-refractivity contribution < 1.29 is 32.4 Å². The van der Waals surface area contributed by atoms with Crippen LogP contribution in [-0.4, -0.2) is 54.8 Å². The van der Waals surface area contributed by atoms with E-state index in [4.69, 9.17) is 0 Å². The molecule has 0 aliphatic heterocycles. The minimum absolute atomic E-state index is 0.00611. The minimum atomic E-state index is -3.80. The van der Waals surface area contributed by atoms with E-state index in [1.807, 2.05) is 6.92 Å². The topological polar surface area (TPSA) is 118 Å². The van der Waals surface area contributed by atoms with Crippen LogP contribution in [0.3, 0.4) is 0 Å². The van der Waals surface area contributed by atoms with Crippen molar-refractivity contribution in [3.63, 3.8) is 0 Å². The molecule has 3 saturated carbocycles. The van der Waals surface area contributed by atoms with E-state index in [9.17, 15) is 28.2 Å². The van der Waals surface area contributed by atoms with Crippen LogP contribution in [0, 0.1) is 28.6 Å². The molecule has 0 saturated heterocycles. The summed E-state index contributed by atoms with van der Waals surface area (Å²) in [6.45, 7) is 3.33. The SMILES string of the molecule is CC12CCC(=O)C=C1CCC1C2C(O)CC2(C)C1CC[C@]2(O)C(=O)COS(C)(=O)=O. The number of aliphatic hydroxyl groups is 2. The molecular formula is C22H32O7S. The van der Waals surface area contributed by atoms with E-state index in [2.05, 4.69) is 11.1 Å². The maximum Gasteiger partial charge on any atom is 0.264 e. The third kappa shape index (κ3) is 3.14. The van der Waals surface area contributed by atoms with E-state index in [0.29, 0.717) is 12.8 Å². The van der Waals surface area contributed by atoms with Gasteiger partial charge in [-0.1, -0.05) is 19.4 Å². The highest BCUT2D eigenvalue weighted by molar-refractivity contribution is 7.86. The Bertz CT molecular complexity index is 908. The van der Waals surface area contributed by atoms with Gasteiger partial charge in [0.1, 0.15) is 12.2 Å². The van der Waals surface area contributed by atoms with Gasteiger partial charge in [0.15, 0.2) is 11.6 Å². The van der Waals surface area contributed by atoms with Crippen molar-refractivity contribution in [3.05, 3.63) is 11.6 Å². The van der Waals surface area contributed by atoms with Crippen molar-refractivity contribution in [2.24, 2.45) is 28.6 Å². The van der Waals surface area contributed by atoms with Crippen molar-refractivity contribution in [2.75, 3.05) is 12.9 Å². The molecule has 2 N–H and O–H groups in total. The molecule has 7 atom stereocenters. The molecule has 7 nitrogen and oxygen atoms in total. The summed E-state index contributed by atoms with van der Waals surface area (Å²) in [7, 11) is -3.80. The molecule has 4 rings (SSSR count). The van der Waals surface area contributed by atoms with E-state index < -0.39 is 39.6 Å². The summed E-state index contributed by atoms with van der Waals surface area (Å²) in [5, 5.41) is 22.8. The summed E-state index contributed by atoms with van der Waals surface area (Å²) in [5.74, 6) is -0.286. The van der Waals surface area contributed by atoms with Crippen molar-refractivity contribution in [1.82, 2.24) is 0 Å². The van der Waals surface area contributed by atoms with Gasteiger partial charge in [-0.15, -0.1) is 0 Å². The number of allylic oxidation sites excluding steroid dienone is 1. The quantitative estimate of drug-likeness (QED) is 0.640. The zero-order chi connectivity index (χ0) is 22.1. The number of fused-ring (bicyclic) bond motifs is 5. The van der Waals surface area contributed by atoms with Crippen molar-refractivity contribution in [2.45, 2.75) is 70.5 Å². The smallest absolute Gasteiger partial charge is 0.264 e. The molecule has 8 heteroatoms. The Morgan fingerprint density at radius 3 is 2.60 bits per heavy atom. The Hall–Kier alpha value is -1.09. The predicted molar refractivity (Wildman–Crippen MR) is 109 cm³/mol. The lowest BCUT2D eigenvalue weighted by Gasteiger charge is -2.60. The summed E-state index contributed by atoms with van der Waals surface area (Å²) in [6.07, 6.45) is 5.95. The lowest BCUT2D eigenvalue weighted by Crippen LogP contribution is -2.62. The Morgan fingerprint density at radius 1 is 1.23 bits per heavy atom. The highest BCUT2D eigenvalue weighted by atomic mass is 32.2. The second-order valence-corrected chi connectivity index (χ2v) is 12.0. The molecule has 0 aromatic rings. The molecule has 4 aliphatic rings. The van der Waals surface area contributed by atoms with E-state index in [1.54, 1.807) is 6.08 Å². The Labute approximate surface area is 178 Å². The molecule has 0 aromatic carbocycles. The fourth-order valence-corrected chi connectivity index (χ4v) is 7.75. The van der Waals surface area contributed by atoms with Gasteiger partial charge in [-0.2, -0.15) is 8.42 Å². The maximum atomic E-state index is 12.9. The molecule has 0 spiro atoms. The molecular weight excluding hydrogens is 408 g/mol. The molecule has 3 fully saturated rings. The number of carbonyl (C=O) groups excluding carboxylic acids is 2. The molecule has 30 heavy (non-hydrogen) atoms. The van der Waals surface area contributed by atoms with Crippen LogP contribution >= 0.6 is 0 Å². The van der Waals surface area contributed by atoms with Crippen LogP contribution in [0.1, 0.15) is 58.8 Å². The number of aliphatic hydroxyl groups excluding tert-OH is 1. The zero-order valence-corrected chi connectivity index (χ0v) is 18.7. The first-order valence-corrected chi connectivity index (χ1v) is 12.7. The molecule has 0 radical (unpaired) electrons. The standard InChI is InChI=1S/C22H32O7S/c1-20-8-6-14(23)10-13(20)4-5-15-16-7-9-22(26,18(25)12-29-30(3,27)28)21(16,2)11-17(24)19(15)20/h10,15-17,19,24,26H,4-9,11-12H2,1-3H3/t15?,16?,17?,19?,20?,21?,22-/m0/s1. The van der Waals surface area contributed by atoms with Gasteiger partial charge in [0.05, 0.1) is 12.4 Å². The van der Waals surface area contributed by atoms with E-state index in [-0.39, 0.29) is 41.8 Å². The number of carbonyl (C=O) groups is 2. The monoisotopic (exact) mass is 440 g/mol. The van der Waals surface area contributed by atoms with Gasteiger partial charge in [-0.3, -0.25) is 13.8 Å². The van der Waals surface area contributed by atoms with Gasteiger partial charge in [0.2, 0.25) is 0 Å². The summed E-state index contributed by atoms with van der Waals surface area (Å²) < 4.78 is 27.3.